The Balaban J connectivity index is 1.55. The van der Waals surface area contributed by atoms with Gasteiger partial charge in [0.05, 0.1) is 23.3 Å². The van der Waals surface area contributed by atoms with E-state index in [1.807, 2.05) is 22.9 Å². The Labute approximate surface area is 167 Å². The third kappa shape index (κ3) is 2.92. The summed E-state index contributed by atoms with van der Waals surface area (Å²) in [7, 11) is 0. The smallest absolute Gasteiger partial charge is 0.212 e. The van der Waals surface area contributed by atoms with E-state index in [2.05, 4.69) is 58.9 Å². The molecule has 0 saturated carbocycles. The minimum atomic E-state index is 0.599. The number of aromatic nitrogens is 5. The van der Waals surface area contributed by atoms with E-state index in [1.165, 1.54) is 5.56 Å². The Bertz CT molecular complexity index is 1190. The summed E-state index contributed by atoms with van der Waals surface area (Å²) in [6, 6.07) is 16.7. The number of hydrogen-bond donors (Lipinski definition) is 0. The van der Waals surface area contributed by atoms with Crippen LogP contribution in [-0.2, 0) is 13.0 Å². The van der Waals surface area contributed by atoms with E-state index in [-0.39, 0.29) is 0 Å². The van der Waals surface area contributed by atoms with Crippen molar-refractivity contribution in [1.82, 2.24) is 24.4 Å². The Morgan fingerprint density at radius 1 is 1.00 bits per heavy atom. The molecule has 4 aromatic rings. The van der Waals surface area contributed by atoms with E-state index in [0.29, 0.717) is 6.54 Å². The van der Waals surface area contributed by atoms with Crippen LogP contribution in [0.1, 0.15) is 29.7 Å². The maximum absolute atomic E-state index is 4.88. The van der Waals surface area contributed by atoms with Gasteiger partial charge >= 0.3 is 0 Å². The maximum atomic E-state index is 4.88. The molecule has 0 fully saturated rings. The van der Waals surface area contributed by atoms with Crippen molar-refractivity contribution in [2.75, 3.05) is 5.75 Å². The number of benzene rings is 2. The molecule has 0 N–H and O–H groups in total. The summed E-state index contributed by atoms with van der Waals surface area (Å²) >= 11 is 1.68. The van der Waals surface area contributed by atoms with Crippen molar-refractivity contribution in [3.05, 3.63) is 71.3 Å². The lowest BCUT2D eigenvalue weighted by atomic mass is 10.1. The molecule has 2 aromatic heterocycles. The minimum absolute atomic E-state index is 0.599. The quantitative estimate of drug-likeness (QED) is 0.532. The second-order valence-electron chi connectivity index (χ2n) is 6.87. The van der Waals surface area contributed by atoms with E-state index in [1.54, 1.807) is 11.8 Å². The maximum Gasteiger partial charge on any atom is 0.212 e. The fraction of sp³-hybridized carbons (Fsp3) is 0.238. The third-order valence-electron chi connectivity index (χ3n) is 4.97. The van der Waals surface area contributed by atoms with Gasteiger partial charge in [0.15, 0.2) is 5.82 Å². The molecule has 1 aliphatic rings. The molecule has 28 heavy (non-hydrogen) atoms. The van der Waals surface area contributed by atoms with Crippen molar-refractivity contribution in [2.24, 2.45) is 5.10 Å². The monoisotopic (exact) mass is 388 g/mol. The molecule has 0 radical (unpaired) electrons. The number of fused-ring (bicyclic) bond motifs is 2. The van der Waals surface area contributed by atoms with Crippen molar-refractivity contribution in [1.29, 1.82) is 0 Å². The predicted molar refractivity (Wildman–Crippen MR) is 112 cm³/mol. The number of hydrogen-bond acceptors (Lipinski definition) is 5. The predicted octanol–water partition coefficient (Wildman–Crippen LogP) is 3.91. The lowest BCUT2D eigenvalue weighted by Crippen LogP contribution is -2.16. The van der Waals surface area contributed by atoms with Gasteiger partial charge < -0.3 is 4.57 Å². The molecule has 0 amide bonds. The summed E-state index contributed by atoms with van der Waals surface area (Å²) < 4.78 is 4.10. The highest BCUT2D eigenvalue weighted by Crippen LogP contribution is 2.25. The molecule has 5 rings (SSSR count). The van der Waals surface area contributed by atoms with E-state index in [0.717, 1.165) is 51.3 Å². The first-order valence-corrected chi connectivity index (χ1v) is 10.4. The summed E-state index contributed by atoms with van der Waals surface area (Å²) in [5.74, 6) is 2.67. The second kappa shape index (κ2) is 6.91. The van der Waals surface area contributed by atoms with Gasteiger partial charge in [-0.3, -0.25) is 0 Å². The Morgan fingerprint density at radius 3 is 2.64 bits per heavy atom. The van der Waals surface area contributed by atoms with Crippen LogP contribution < -0.4 is 0 Å². The number of thioether (sulfide) groups is 1. The Hall–Kier alpha value is -2.93. The summed E-state index contributed by atoms with van der Waals surface area (Å²) in [6.07, 6.45) is 0.863. The van der Waals surface area contributed by atoms with Crippen LogP contribution in [0.25, 0.3) is 11.0 Å². The minimum Gasteiger partial charge on any atom is -0.320 e. The van der Waals surface area contributed by atoms with Gasteiger partial charge in [-0.1, -0.05) is 60.6 Å². The number of rotatable bonds is 4. The van der Waals surface area contributed by atoms with Crippen LogP contribution in [-0.4, -0.2) is 35.9 Å². The molecule has 140 valence electrons. The van der Waals surface area contributed by atoms with Gasteiger partial charge in [-0.25, -0.2) is 4.98 Å². The summed E-state index contributed by atoms with van der Waals surface area (Å²) in [5, 5.41) is 14.5. The molecular formula is C21H20N6S. The van der Waals surface area contributed by atoms with Crippen molar-refractivity contribution in [3.63, 3.8) is 0 Å². The zero-order chi connectivity index (χ0) is 19.1. The number of nitrogens with zero attached hydrogens (tertiary/aromatic N) is 6. The van der Waals surface area contributed by atoms with Crippen LogP contribution in [0, 0.1) is 6.92 Å². The molecule has 0 atom stereocenters. The molecule has 6 nitrogen and oxygen atoms in total. The standard InChI is InChI=1S/C21H20N6S/c1-3-19-22-16-6-4-5-7-18(16)26(19)12-20-23-24-21-27(20)25-17(13-28-21)15-10-8-14(2)9-11-15/h4-11H,3,12-13H2,1-2H3. The fourth-order valence-corrected chi connectivity index (χ4v) is 4.32. The summed E-state index contributed by atoms with van der Waals surface area (Å²) in [5.41, 5.74) is 5.56. The number of aryl methyl sites for hydroxylation is 2. The highest BCUT2D eigenvalue weighted by Gasteiger charge is 2.21. The first-order valence-electron chi connectivity index (χ1n) is 9.39. The first-order chi connectivity index (χ1) is 13.7. The highest BCUT2D eigenvalue weighted by molar-refractivity contribution is 7.99. The molecule has 3 heterocycles. The SMILES string of the molecule is CCc1nc2ccccc2n1Cc1nnc2n1N=C(c1ccc(C)cc1)CS2. The van der Waals surface area contributed by atoms with Gasteiger partial charge in [-0.05, 0) is 24.6 Å². The number of para-hydroxylation sites is 2. The van der Waals surface area contributed by atoms with E-state index >= 15 is 0 Å². The Morgan fingerprint density at radius 2 is 1.82 bits per heavy atom. The summed E-state index contributed by atoms with van der Waals surface area (Å²) in [4.78, 5) is 4.76. The topological polar surface area (TPSA) is 60.9 Å². The van der Waals surface area contributed by atoms with Gasteiger partial charge in [-0.15, -0.1) is 10.2 Å². The van der Waals surface area contributed by atoms with Gasteiger partial charge in [0.1, 0.15) is 5.82 Å². The van der Waals surface area contributed by atoms with Gasteiger partial charge in [0.2, 0.25) is 5.16 Å². The van der Waals surface area contributed by atoms with E-state index < -0.39 is 0 Å². The van der Waals surface area contributed by atoms with Crippen molar-refractivity contribution < 1.29 is 0 Å². The van der Waals surface area contributed by atoms with E-state index in [9.17, 15) is 0 Å². The molecule has 0 unspecified atom stereocenters. The van der Waals surface area contributed by atoms with Crippen LogP contribution in [0.3, 0.4) is 0 Å². The lowest BCUT2D eigenvalue weighted by molar-refractivity contribution is 0.650. The van der Waals surface area contributed by atoms with Crippen molar-refractivity contribution in [2.45, 2.75) is 32.0 Å². The van der Waals surface area contributed by atoms with Crippen LogP contribution in [0.5, 0.6) is 0 Å². The van der Waals surface area contributed by atoms with Crippen molar-refractivity contribution in [3.8, 4) is 0 Å². The van der Waals surface area contributed by atoms with Crippen LogP contribution in [0.4, 0.5) is 0 Å². The van der Waals surface area contributed by atoms with Gasteiger partial charge in [0, 0.05) is 12.2 Å². The molecular weight excluding hydrogens is 368 g/mol. The average Bonchev–Trinajstić information content (AvgIpc) is 3.30. The largest absolute Gasteiger partial charge is 0.320 e. The lowest BCUT2D eigenvalue weighted by Gasteiger charge is -2.15. The number of imidazole rings is 1. The fourth-order valence-electron chi connectivity index (χ4n) is 3.47. The summed E-state index contributed by atoms with van der Waals surface area (Å²) in [6.45, 7) is 4.82. The van der Waals surface area contributed by atoms with Crippen LogP contribution in [0.15, 0.2) is 58.8 Å². The van der Waals surface area contributed by atoms with Crippen molar-refractivity contribution >= 4 is 28.5 Å². The Kier molecular flexibility index (Phi) is 4.24. The molecule has 0 aliphatic carbocycles. The molecule has 0 spiro atoms. The molecule has 0 bridgehead atoms. The first kappa shape index (κ1) is 17.2. The van der Waals surface area contributed by atoms with E-state index in [4.69, 9.17) is 10.1 Å². The average molecular weight is 389 g/mol. The molecule has 0 saturated heterocycles. The zero-order valence-electron chi connectivity index (χ0n) is 15.8. The molecule has 2 aromatic carbocycles. The second-order valence-corrected chi connectivity index (χ2v) is 7.81. The van der Waals surface area contributed by atoms with Crippen LogP contribution in [0.2, 0.25) is 0 Å². The molecule has 7 heteroatoms. The highest BCUT2D eigenvalue weighted by atomic mass is 32.2. The normalized spacial score (nSPS) is 13.6. The molecule has 1 aliphatic heterocycles. The zero-order valence-corrected chi connectivity index (χ0v) is 16.6. The van der Waals surface area contributed by atoms with Crippen LogP contribution >= 0.6 is 11.8 Å². The van der Waals surface area contributed by atoms with Gasteiger partial charge in [0.25, 0.3) is 0 Å². The van der Waals surface area contributed by atoms with Gasteiger partial charge in [-0.2, -0.15) is 9.78 Å². The third-order valence-corrected chi connectivity index (χ3v) is 5.90.